The first-order chi connectivity index (χ1) is 10.2. The Bertz CT molecular complexity index is 825. The van der Waals surface area contributed by atoms with Gasteiger partial charge in [-0.15, -0.1) is 0 Å². The van der Waals surface area contributed by atoms with Crippen LogP contribution in [0.1, 0.15) is 11.1 Å². The first-order valence-corrected chi connectivity index (χ1v) is 7.30. The van der Waals surface area contributed by atoms with E-state index < -0.39 is 0 Å². The van der Waals surface area contributed by atoms with Gasteiger partial charge in [-0.1, -0.05) is 29.8 Å². The Kier molecular flexibility index (Phi) is 2.61. The molecule has 3 nitrogen and oxygen atoms in total. The zero-order valence-electron chi connectivity index (χ0n) is 12.1. The third-order valence-corrected chi connectivity index (χ3v) is 4.25. The van der Waals surface area contributed by atoms with Crippen LogP contribution >= 0.6 is 0 Å². The highest BCUT2D eigenvalue weighted by Gasteiger charge is 2.32. The molecule has 0 atom stereocenters. The van der Waals surface area contributed by atoms with E-state index in [0.29, 0.717) is 0 Å². The number of benzene rings is 2. The molecule has 1 aliphatic rings. The number of pyridine rings is 1. The summed E-state index contributed by atoms with van der Waals surface area (Å²) in [6, 6.07) is 16.8. The molecule has 0 aliphatic carbocycles. The van der Waals surface area contributed by atoms with Crippen LogP contribution in [0.15, 0.2) is 48.5 Å². The molecule has 3 N–H and O–H groups in total. The Morgan fingerprint density at radius 2 is 1.90 bits per heavy atom. The van der Waals surface area contributed by atoms with E-state index in [4.69, 9.17) is 5.73 Å². The molecule has 3 heteroatoms. The largest absolute Gasteiger partial charge is 0.398 e. The maximum absolute atomic E-state index is 6.43. The monoisotopic (exact) mass is 276 g/mol. The fourth-order valence-corrected chi connectivity index (χ4v) is 3.17. The molecular weight excluding hydrogens is 258 g/mol. The highest BCUT2D eigenvalue weighted by molar-refractivity contribution is 5.93. The summed E-state index contributed by atoms with van der Waals surface area (Å²) in [6.07, 6.45) is 0.983. The van der Waals surface area contributed by atoms with Gasteiger partial charge in [0, 0.05) is 11.8 Å². The molecule has 21 heavy (non-hydrogen) atoms. The van der Waals surface area contributed by atoms with Crippen molar-refractivity contribution in [3.63, 3.8) is 0 Å². The van der Waals surface area contributed by atoms with Crippen molar-refractivity contribution in [2.45, 2.75) is 13.3 Å². The molecule has 0 fully saturated rings. The van der Waals surface area contributed by atoms with Gasteiger partial charge in [-0.3, -0.25) is 0 Å². The summed E-state index contributed by atoms with van der Waals surface area (Å²) in [6.45, 7) is 3.07. The molecule has 0 amide bonds. The van der Waals surface area contributed by atoms with Crippen LogP contribution in [0.3, 0.4) is 0 Å². The van der Waals surface area contributed by atoms with E-state index in [1.165, 1.54) is 16.8 Å². The minimum Gasteiger partial charge on any atom is -0.398 e. The third kappa shape index (κ3) is 1.85. The number of hydrogen-bond donors (Lipinski definition) is 1. The van der Waals surface area contributed by atoms with Gasteiger partial charge in [-0.05, 0) is 31.2 Å². The summed E-state index contributed by atoms with van der Waals surface area (Å²) in [5, 5.41) is 1.13. The Morgan fingerprint density at radius 3 is 2.71 bits per heavy atom. The number of aryl methyl sites for hydroxylation is 1. The fourth-order valence-electron chi connectivity index (χ4n) is 3.17. The van der Waals surface area contributed by atoms with Gasteiger partial charge in [-0.25, -0.2) is 9.88 Å². The van der Waals surface area contributed by atoms with Crippen molar-refractivity contribution < 1.29 is 4.98 Å². The molecule has 0 spiro atoms. The maximum Gasteiger partial charge on any atom is 0.285 e. The third-order valence-electron chi connectivity index (χ3n) is 4.25. The molecule has 1 aromatic heterocycles. The molecule has 2 heterocycles. The van der Waals surface area contributed by atoms with Crippen molar-refractivity contribution in [3.8, 4) is 0 Å². The smallest absolute Gasteiger partial charge is 0.285 e. The fraction of sp³-hybridized carbons (Fsp3) is 0.167. The summed E-state index contributed by atoms with van der Waals surface area (Å²) in [5.41, 5.74) is 12.1. The van der Waals surface area contributed by atoms with E-state index in [0.717, 1.165) is 35.4 Å². The van der Waals surface area contributed by atoms with Gasteiger partial charge in [0.25, 0.3) is 5.82 Å². The van der Waals surface area contributed by atoms with Gasteiger partial charge < -0.3 is 5.73 Å². The lowest BCUT2D eigenvalue weighted by atomic mass is 10.1. The lowest BCUT2D eigenvalue weighted by Gasteiger charge is -2.12. The van der Waals surface area contributed by atoms with E-state index >= 15 is 0 Å². The predicted molar refractivity (Wildman–Crippen MR) is 86.8 cm³/mol. The zero-order chi connectivity index (χ0) is 14.4. The van der Waals surface area contributed by atoms with Crippen LogP contribution in [-0.2, 0) is 6.42 Å². The number of H-pyrrole nitrogens is 1. The average Bonchev–Trinajstić information content (AvgIpc) is 2.93. The summed E-state index contributed by atoms with van der Waals surface area (Å²) in [5.74, 6) is 1.13. The summed E-state index contributed by atoms with van der Waals surface area (Å²) >= 11 is 0. The van der Waals surface area contributed by atoms with Crippen molar-refractivity contribution in [2.24, 2.45) is 0 Å². The number of nitrogens with one attached hydrogen (secondary N) is 1. The number of para-hydroxylation sites is 1. The molecule has 104 valence electrons. The van der Waals surface area contributed by atoms with Gasteiger partial charge in [0.2, 0.25) is 0 Å². The van der Waals surface area contributed by atoms with E-state index in [9.17, 15) is 0 Å². The highest BCUT2D eigenvalue weighted by atomic mass is 15.2. The topological polar surface area (TPSA) is 43.4 Å². The quantitative estimate of drug-likeness (QED) is 0.741. The van der Waals surface area contributed by atoms with E-state index in [1.807, 2.05) is 6.07 Å². The second-order valence-corrected chi connectivity index (χ2v) is 5.65. The van der Waals surface area contributed by atoms with Crippen LogP contribution in [0.25, 0.3) is 10.9 Å². The second kappa shape index (κ2) is 4.48. The van der Waals surface area contributed by atoms with Crippen molar-refractivity contribution in [2.75, 3.05) is 17.2 Å². The molecule has 0 bridgehead atoms. The van der Waals surface area contributed by atoms with Gasteiger partial charge in [0.15, 0.2) is 0 Å². The van der Waals surface area contributed by atoms with Crippen molar-refractivity contribution in [1.82, 2.24) is 0 Å². The van der Waals surface area contributed by atoms with Gasteiger partial charge in [-0.2, -0.15) is 0 Å². The van der Waals surface area contributed by atoms with Crippen LogP contribution in [0.2, 0.25) is 0 Å². The SMILES string of the molecule is Cc1ccc2[nH+]c3c(c(N)c2c1)CCN3c1ccccc1. The number of fused-ring (bicyclic) bond motifs is 2. The molecule has 0 saturated heterocycles. The van der Waals surface area contributed by atoms with Crippen LogP contribution < -0.4 is 15.6 Å². The predicted octanol–water partition coefficient (Wildman–Crippen LogP) is 3.24. The van der Waals surface area contributed by atoms with Crippen molar-refractivity contribution in [1.29, 1.82) is 0 Å². The molecule has 2 aromatic carbocycles. The van der Waals surface area contributed by atoms with E-state index in [1.54, 1.807) is 0 Å². The first-order valence-electron chi connectivity index (χ1n) is 7.30. The number of aromatic nitrogens is 1. The van der Waals surface area contributed by atoms with Crippen molar-refractivity contribution in [3.05, 3.63) is 59.7 Å². The number of nitrogens with two attached hydrogens (primary N) is 1. The first kappa shape index (κ1) is 12.2. The molecule has 3 aromatic rings. The lowest BCUT2D eigenvalue weighted by Crippen LogP contribution is -2.21. The lowest BCUT2D eigenvalue weighted by molar-refractivity contribution is -0.329. The molecular formula is C18H18N3+. The maximum atomic E-state index is 6.43. The van der Waals surface area contributed by atoms with Crippen LogP contribution in [0.4, 0.5) is 17.2 Å². The molecule has 4 rings (SSSR count). The molecule has 0 radical (unpaired) electrons. The Morgan fingerprint density at radius 1 is 1.10 bits per heavy atom. The number of rotatable bonds is 1. The average molecular weight is 276 g/mol. The number of aromatic amines is 1. The normalized spacial score (nSPS) is 13.7. The van der Waals surface area contributed by atoms with E-state index in [2.05, 4.69) is 59.3 Å². The molecule has 1 aliphatic heterocycles. The Labute approximate surface area is 124 Å². The Hall–Kier alpha value is -2.55. The molecule has 0 saturated carbocycles. The number of nitrogens with zero attached hydrogens (tertiary/aromatic N) is 1. The van der Waals surface area contributed by atoms with Crippen LogP contribution in [-0.4, -0.2) is 6.54 Å². The van der Waals surface area contributed by atoms with E-state index in [-0.39, 0.29) is 0 Å². The Balaban J connectivity index is 1.93. The standard InChI is InChI=1S/C18H17N3/c1-12-7-8-16-15(11-12)17(19)14-9-10-21(18(14)20-16)13-5-3-2-4-6-13/h2-8,11H,9-10H2,1H3,(H2,19,20)/p+1. The van der Waals surface area contributed by atoms with Gasteiger partial charge in [0.1, 0.15) is 11.2 Å². The summed E-state index contributed by atoms with van der Waals surface area (Å²) in [4.78, 5) is 5.88. The van der Waals surface area contributed by atoms with Gasteiger partial charge >= 0.3 is 0 Å². The summed E-state index contributed by atoms with van der Waals surface area (Å²) in [7, 11) is 0. The summed E-state index contributed by atoms with van der Waals surface area (Å²) < 4.78 is 0. The zero-order valence-corrected chi connectivity index (χ0v) is 12.1. The number of anilines is 3. The number of hydrogen-bond acceptors (Lipinski definition) is 2. The van der Waals surface area contributed by atoms with Crippen LogP contribution in [0.5, 0.6) is 0 Å². The minimum atomic E-state index is 0.917. The highest BCUT2D eigenvalue weighted by Crippen LogP contribution is 2.36. The number of nitrogen functional groups attached to an aromatic ring is 1. The van der Waals surface area contributed by atoms with Gasteiger partial charge in [0.05, 0.1) is 17.8 Å². The van der Waals surface area contributed by atoms with Crippen molar-refractivity contribution >= 4 is 28.1 Å². The minimum absolute atomic E-state index is 0.917. The molecule has 0 unspecified atom stereocenters. The second-order valence-electron chi connectivity index (χ2n) is 5.65. The van der Waals surface area contributed by atoms with Crippen LogP contribution in [0, 0.1) is 6.92 Å².